The molecule has 1 aliphatic carbocycles. The minimum absolute atomic E-state index is 0.248. The van der Waals surface area contributed by atoms with Crippen LogP contribution in [0.2, 0.25) is 0 Å². The van der Waals surface area contributed by atoms with E-state index < -0.39 is 0 Å². The summed E-state index contributed by atoms with van der Waals surface area (Å²) in [4.78, 5) is 43.3. The van der Waals surface area contributed by atoms with Gasteiger partial charge in [0, 0.05) is 0 Å². The summed E-state index contributed by atoms with van der Waals surface area (Å²) in [7, 11) is 0. The van der Waals surface area contributed by atoms with Gasteiger partial charge >= 0.3 is 0 Å². The summed E-state index contributed by atoms with van der Waals surface area (Å²) in [5.74, 6) is 0. The maximum Gasteiger partial charge on any atom is 0.240 e. The Morgan fingerprint density at radius 1 is 0.735 bits per heavy atom. The molecule has 3 rings (SSSR count). The van der Waals surface area contributed by atoms with Gasteiger partial charge in [0.05, 0.1) is 28.1 Å². The summed E-state index contributed by atoms with van der Waals surface area (Å²) in [6, 6.07) is 18.8. The minimum Gasteiger partial charge on any atom is -0.211 e. The third-order valence-corrected chi connectivity index (χ3v) is 4.14. The Balaban J connectivity index is 0.000000430. The van der Waals surface area contributed by atoms with E-state index in [1.165, 1.54) is 31.4 Å². The number of thiocarbonyl (C=S) groups is 1. The van der Waals surface area contributed by atoms with E-state index in [1.54, 1.807) is 18.2 Å². The smallest absolute Gasteiger partial charge is 0.211 e. The number of isocyanates is 3. The lowest BCUT2D eigenvalue weighted by atomic mass is 9.96. The van der Waals surface area contributed by atoms with Crippen LogP contribution in [0.1, 0.15) is 52.9 Å². The molecule has 0 unspecified atom stereocenters. The SMILES string of the molecule is CC(C)(C)N=C=O.O=C=NC1CCCCC1.O=C=Nc1ccccc1.S=C=Nc1ccccc1. The zero-order valence-electron chi connectivity index (χ0n) is 19.8. The van der Waals surface area contributed by atoms with Gasteiger partial charge in [-0.3, -0.25) is 0 Å². The molecule has 1 aliphatic rings. The number of para-hydroxylation sites is 2. The summed E-state index contributed by atoms with van der Waals surface area (Å²) < 4.78 is 0. The molecule has 2 aromatic carbocycles. The maximum atomic E-state index is 9.78. The van der Waals surface area contributed by atoms with Gasteiger partial charge < -0.3 is 0 Å². The highest BCUT2D eigenvalue weighted by molar-refractivity contribution is 7.78. The van der Waals surface area contributed by atoms with E-state index in [4.69, 9.17) is 0 Å². The molecule has 1 saturated carbocycles. The highest BCUT2D eigenvalue weighted by Gasteiger charge is 2.10. The van der Waals surface area contributed by atoms with Crippen molar-refractivity contribution in [3.8, 4) is 0 Å². The van der Waals surface area contributed by atoms with Gasteiger partial charge in [-0.25, -0.2) is 24.4 Å². The Bertz CT molecular complexity index is 938. The number of nitrogens with zero attached hydrogens (tertiary/aromatic N) is 4. The van der Waals surface area contributed by atoms with Gasteiger partial charge in [-0.05, 0) is 70.1 Å². The summed E-state index contributed by atoms with van der Waals surface area (Å²) in [6.45, 7) is 5.54. The molecule has 7 nitrogen and oxygen atoms in total. The number of carbonyl (C=O) groups excluding carboxylic acids is 3. The molecule has 0 radical (unpaired) electrons. The van der Waals surface area contributed by atoms with Gasteiger partial charge in [0.1, 0.15) is 0 Å². The van der Waals surface area contributed by atoms with Crippen LogP contribution in [0.25, 0.3) is 0 Å². The number of aliphatic imine (C=N–C) groups is 4. The fourth-order valence-corrected chi connectivity index (χ4v) is 2.64. The van der Waals surface area contributed by atoms with Gasteiger partial charge in [-0.2, -0.15) is 9.98 Å². The fraction of sp³-hybridized carbons (Fsp3) is 0.385. The van der Waals surface area contributed by atoms with E-state index in [0.29, 0.717) is 11.7 Å². The first-order chi connectivity index (χ1) is 16.4. The summed E-state index contributed by atoms with van der Waals surface area (Å²) in [5, 5.41) is 2.29. The molecular weight excluding hydrogens is 448 g/mol. The zero-order chi connectivity index (χ0) is 25.5. The number of isothiocyanates is 1. The quantitative estimate of drug-likeness (QED) is 0.273. The lowest BCUT2D eigenvalue weighted by molar-refractivity contribution is 0.439. The zero-order valence-corrected chi connectivity index (χ0v) is 20.6. The van der Waals surface area contributed by atoms with Crippen molar-refractivity contribution in [1.29, 1.82) is 0 Å². The highest BCUT2D eigenvalue weighted by atomic mass is 32.1. The lowest BCUT2D eigenvalue weighted by Crippen LogP contribution is -2.08. The van der Waals surface area contributed by atoms with Crippen molar-refractivity contribution in [2.75, 3.05) is 0 Å². The molecular formula is C26H30N4O3S. The molecule has 0 amide bonds. The second-order valence-corrected chi connectivity index (χ2v) is 8.15. The Morgan fingerprint density at radius 2 is 1.24 bits per heavy atom. The van der Waals surface area contributed by atoms with E-state index in [2.05, 4.69) is 37.3 Å². The Labute approximate surface area is 206 Å². The van der Waals surface area contributed by atoms with Crippen molar-refractivity contribution < 1.29 is 14.4 Å². The second-order valence-electron chi connectivity index (χ2n) is 7.96. The Kier molecular flexibility index (Phi) is 17.9. The van der Waals surface area contributed by atoms with E-state index in [9.17, 15) is 14.4 Å². The summed E-state index contributed by atoms with van der Waals surface area (Å²) >= 11 is 4.42. The lowest BCUT2D eigenvalue weighted by Gasteiger charge is -2.14. The standard InChI is InChI=1S/C7H11NO.C7H5NO.C7H5NS.C5H9NO/c3*9-6-8-7-4-2-1-3-5-7;1-5(2,3)6-4-7/h7H,1-5H2;2*1-5H;1-3H3. The third kappa shape index (κ3) is 19.1. The molecule has 0 heterocycles. The Morgan fingerprint density at radius 3 is 1.59 bits per heavy atom. The topological polar surface area (TPSA) is 101 Å². The monoisotopic (exact) mass is 478 g/mol. The fourth-order valence-electron chi connectivity index (χ4n) is 2.53. The van der Waals surface area contributed by atoms with Crippen LogP contribution >= 0.6 is 12.2 Å². The summed E-state index contributed by atoms with van der Waals surface area (Å²) in [5.41, 5.74) is 1.25. The molecule has 0 bridgehead atoms. The van der Waals surface area contributed by atoms with Gasteiger partial charge in [0.2, 0.25) is 18.2 Å². The molecule has 1 fully saturated rings. The number of hydrogen-bond donors (Lipinski definition) is 0. The predicted octanol–water partition coefficient (Wildman–Crippen LogP) is 6.85. The van der Waals surface area contributed by atoms with Gasteiger partial charge in [-0.1, -0.05) is 55.7 Å². The molecule has 178 valence electrons. The van der Waals surface area contributed by atoms with Crippen molar-refractivity contribution in [3.05, 3.63) is 60.7 Å². The number of benzene rings is 2. The normalized spacial score (nSPS) is 11.9. The molecule has 0 spiro atoms. The predicted molar refractivity (Wildman–Crippen MR) is 138 cm³/mol. The first-order valence-electron chi connectivity index (χ1n) is 10.8. The molecule has 0 atom stereocenters. The van der Waals surface area contributed by atoms with Crippen LogP contribution < -0.4 is 0 Å². The van der Waals surface area contributed by atoms with Crippen molar-refractivity contribution in [3.63, 3.8) is 0 Å². The molecule has 0 aliphatic heterocycles. The van der Waals surface area contributed by atoms with Crippen LogP contribution in [0, 0.1) is 0 Å². The van der Waals surface area contributed by atoms with Crippen molar-refractivity contribution >= 4 is 47.0 Å². The third-order valence-electron chi connectivity index (χ3n) is 4.05. The summed E-state index contributed by atoms with van der Waals surface area (Å²) in [6.07, 6.45) is 10.5. The van der Waals surface area contributed by atoms with E-state index in [-0.39, 0.29) is 5.54 Å². The molecule has 0 saturated heterocycles. The van der Waals surface area contributed by atoms with Crippen molar-refractivity contribution in [2.24, 2.45) is 20.0 Å². The molecule has 2 aromatic rings. The molecule has 34 heavy (non-hydrogen) atoms. The largest absolute Gasteiger partial charge is 0.240 e. The van der Waals surface area contributed by atoms with Gasteiger partial charge in [0.15, 0.2) is 0 Å². The molecule has 0 aromatic heterocycles. The van der Waals surface area contributed by atoms with Crippen LogP contribution in [0.5, 0.6) is 0 Å². The van der Waals surface area contributed by atoms with Crippen molar-refractivity contribution in [2.45, 2.75) is 64.5 Å². The van der Waals surface area contributed by atoms with Gasteiger partial charge in [-0.15, -0.1) is 0 Å². The highest BCUT2D eigenvalue weighted by Crippen LogP contribution is 2.19. The van der Waals surface area contributed by atoms with Crippen LogP contribution in [0.15, 0.2) is 80.6 Å². The molecule has 8 heteroatoms. The van der Waals surface area contributed by atoms with Gasteiger partial charge in [0.25, 0.3) is 0 Å². The number of hydrogen-bond acceptors (Lipinski definition) is 8. The Hall–Kier alpha value is -3.62. The average Bonchev–Trinajstić information content (AvgIpc) is 2.82. The minimum atomic E-state index is -0.248. The van der Waals surface area contributed by atoms with Crippen LogP contribution in [0.4, 0.5) is 11.4 Å². The van der Waals surface area contributed by atoms with E-state index in [0.717, 1.165) is 18.5 Å². The average molecular weight is 479 g/mol. The molecule has 0 N–H and O–H groups in total. The van der Waals surface area contributed by atoms with Crippen LogP contribution in [-0.4, -0.2) is 35.0 Å². The van der Waals surface area contributed by atoms with Crippen LogP contribution in [-0.2, 0) is 14.4 Å². The number of rotatable bonds is 3. The van der Waals surface area contributed by atoms with Crippen LogP contribution in [0.3, 0.4) is 0 Å². The maximum absolute atomic E-state index is 9.78. The van der Waals surface area contributed by atoms with E-state index >= 15 is 0 Å². The van der Waals surface area contributed by atoms with Crippen molar-refractivity contribution in [1.82, 2.24) is 0 Å². The van der Waals surface area contributed by atoms with E-state index in [1.807, 2.05) is 69.3 Å². The first kappa shape index (κ1) is 30.4. The first-order valence-corrected chi connectivity index (χ1v) is 11.2. The second kappa shape index (κ2) is 20.0.